The predicted molar refractivity (Wildman–Crippen MR) is 62.3 cm³/mol. The lowest BCUT2D eigenvalue weighted by Crippen LogP contribution is -2.53. The van der Waals surface area contributed by atoms with Crippen molar-refractivity contribution in [1.82, 2.24) is 10.2 Å². The van der Waals surface area contributed by atoms with Gasteiger partial charge in [0.15, 0.2) is 0 Å². The molecule has 94 valence electrons. The summed E-state index contributed by atoms with van der Waals surface area (Å²) in [4.78, 5) is 25.5. The lowest BCUT2D eigenvalue weighted by molar-refractivity contribution is -0.138. The zero-order valence-electron chi connectivity index (χ0n) is 10.2. The van der Waals surface area contributed by atoms with Gasteiger partial charge < -0.3 is 15.0 Å². The molecule has 1 saturated heterocycles. The molecule has 0 aliphatic carbocycles. The second-order valence-electron chi connectivity index (χ2n) is 4.50. The lowest BCUT2D eigenvalue weighted by Gasteiger charge is -2.39. The number of rotatable bonds is 2. The van der Waals surface area contributed by atoms with Gasteiger partial charge in [-0.25, -0.2) is 4.79 Å². The third kappa shape index (κ3) is 2.34. The summed E-state index contributed by atoms with van der Waals surface area (Å²) in [6.45, 7) is 5.01. The Labute approximate surface area is 101 Å². The van der Waals surface area contributed by atoms with Gasteiger partial charge >= 0.3 is 5.97 Å². The second kappa shape index (κ2) is 4.87. The summed E-state index contributed by atoms with van der Waals surface area (Å²) in [6.07, 6.45) is 2.71. The van der Waals surface area contributed by atoms with Gasteiger partial charge in [-0.2, -0.15) is 0 Å². The van der Waals surface area contributed by atoms with Crippen LogP contribution in [-0.4, -0.2) is 49.6 Å². The average Bonchev–Trinajstić information content (AvgIpc) is 2.36. The van der Waals surface area contributed by atoms with E-state index in [9.17, 15) is 9.59 Å². The molecular weight excluding hydrogens is 220 g/mol. The fourth-order valence-electron chi connectivity index (χ4n) is 2.49. The molecular formula is C12H18N2O3. The first-order valence-corrected chi connectivity index (χ1v) is 5.99. The number of fused-ring (bicyclic) bond motifs is 1. The van der Waals surface area contributed by atoms with Crippen LogP contribution >= 0.6 is 0 Å². The zero-order valence-corrected chi connectivity index (χ0v) is 10.2. The molecule has 1 N–H and O–H groups in total. The number of nitrogens with zero attached hydrogens (tertiary/aromatic N) is 1. The maximum absolute atomic E-state index is 11.7. The fourth-order valence-corrected chi connectivity index (χ4v) is 2.49. The van der Waals surface area contributed by atoms with Gasteiger partial charge in [0.1, 0.15) is 5.57 Å². The van der Waals surface area contributed by atoms with Crippen LogP contribution in [0.25, 0.3) is 0 Å². The van der Waals surface area contributed by atoms with Gasteiger partial charge in [0.05, 0.1) is 7.11 Å². The van der Waals surface area contributed by atoms with E-state index in [1.807, 2.05) is 0 Å². The molecule has 0 saturated carbocycles. The maximum Gasteiger partial charge on any atom is 0.343 e. The molecule has 5 nitrogen and oxygen atoms in total. The average molecular weight is 238 g/mol. The standard InChI is InChI=1S/C12H18N2O3/c1-3-14-5-4-10-8(7-14)6-9(11(15)13-10)12(16)17-2/h6,8,10H,3-5,7H2,1-2H3,(H,13,15). The summed E-state index contributed by atoms with van der Waals surface area (Å²) < 4.78 is 4.61. The molecule has 0 bridgehead atoms. The van der Waals surface area contributed by atoms with E-state index in [-0.39, 0.29) is 23.4 Å². The van der Waals surface area contributed by atoms with E-state index >= 15 is 0 Å². The normalized spacial score (nSPS) is 29.1. The highest BCUT2D eigenvalue weighted by atomic mass is 16.5. The molecule has 0 aromatic carbocycles. The lowest BCUT2D eigenvalue weighted by atomic mass is 9.87. The number of ether oxygens (including phenoxy) is 1. The number of esters is 1. The minimum atomic E-state index is -0.547. The van der Waals surface area contributed by atoms with Crippen molar-refractivity contribution in [3.05, 3.63) is 11.6 Å². The second-order valence-corrected chi connectivity index (χ2v) is 4.50. The summed E-state index contributed by atoms with van der Waals surface area (Å²) in [6, 6.07) is 0.165. The monoisotopic (exact) mass is 238 g/mol. The topological polar surface area (TPSA) is 58.6 Å². The Bertz CT molecular complexity index is 365. The number of hydrogen-bond acceptors (Lipinski definition) is 4. The van der Waals surface area contributed by atoms with Crippen LogP contribution in [0.3, 0.4) is 0 Å². The first-order valence-electron chi connectivity index (χ1n) is 5.99. The van der Waals surface area contributed by atoms with E-state index in [1.165, 1.54) is 7.11 Å². The van der Waals surface area contributed by atoms with E-state index in [4.69, 9.17) is 0 Å². The van der Waals surface area contributed by atoms with Crippen LogP contribution in [-0.2, 0) is 14.3 Å². The Kier molecular flexibility index (Phi) is 3.47. The van der Waals surface area contributed by atoms with Crippen molar-refractivity contribution in [2.45, 2.75) is 19.4 Å². The van der Waals surface area contributed by atoms with Gasteiger partial charge in [-0.1, -0.05) is 13.0 Å². The van der Waals surface area contributed by atoms with Crippen LogP contribution in [0.5, 0.6) is 0 Å². The van der Waals surface area contributed by atoms with Crippen LogP contribution in [0.2, 0.25) is 0 Å². The molecule has 0 aromatic heterocycles. The highest BCUT2D eigenvalue weighted by Gasteiger charge is 2.35. The van der Waals surface area contributed by atoms with Crippen molar-refractivity contribution in [2.24, 2.45) is 5.92 Å². The molecule has 0 spiro atoms. The third-order valence-electron chi connectivity index (χ3n) is 3.54. The number of hydrogen-bond donors (Lipinski definition) is 1. The zero-order chi connectivity index (χ0) is 12.4. The molecule has 2 heterocycles. The number of amides is 1. The largest absolute Gasteiger partial charge is 0.465 e. The van der Waals surface area contributed by atoms with Gasteiger partial charge in [-0.05, 0) is 13.0 Å². The molecule has 2 aliphatic heterocycles. The van der Waals surface area contributed by atoms with Crippen LogP contribution in [0, 0.1) is 5.92 Å². The Morgan fingerprint density at radius 2 is 2.41 bits per heavy atom. The first-order chi connectivity index (χ1) is 8.15. The minimum absolute atomic E-state index is 0.145. The number of piperidine rings is 1. The van der Waals surface area contributed by atoms with Gasteiger partial charge in [0.25, 0.3) is 5.91 Å². The third-order valence-corrected chi connectivity index (χ3v) is 3.54. The fraction of sp³-hybridized carbons (Fsp3) is 0.667. The molecule has 2 atom stereocenters. The SMILES string of the molecule is CCN1CCC2NC(=O)C(C(=O)OC)=CC2C1. The van der Waals surface area contributed by atoms with Gasteiger partial charge in [0, 0.05) is 25.0 Å². The molecule has 1 fully saturated rings. The van der Waals surface area contributed by atoms with Crippen LogP contribution in [0.1, 0.15) is 13.3 Å². The minimum Gasteiger partial charge on any atom is -0.465 e. The van der Waals surface area contributed by atoms with Crippen molar-refractivity contribution in [3.8, 4) is 0 Å². The van der Waals surface area contributed by atoms with Crippen LogP contribution < -0.4 is 5.32 Å². The van der Waals surface area contributed by atoms with Crippen molar-refractivity contribution in [3.63, 3.8) is 0 Å². The molecule has 17 heavy (non-hydrogen) atoms. The number of likely N-dealkylation sites (tertiary alicyclic amines) is 1. The summed E-state index contributed by atoms with van der Waals surface area (Å²) in [5.41, 5.74) is 0.145. The van der Waals surface area contributed by atoms with Crippen LogP contribution in [0.15, 0.2) is 11.6 Å². The Morgan fingerprint density at radius 1 is 1.65 bits per heavy atom. The molecule has 2 rings (SSSR count). The first kappa shape index (κ1) is 12.1. The Morgan fingerprint density at radius 3 is 3.06 bits per heavy atom. The van der Waals surface area contributed by atoms with Crippen molar-refractivity contribution >= 4 is 11.9 Å². The number of carbonyl (C=O) groups excluding carboxylic acids is 2. The van der Waals surface area contributed by atoms with Gasteiger partial charge in [-0.3, -0.25) is 4.79 Å². The van der Waals surface area contributed by atoms with E-state index in [2.05, 4.69) is 21.9 Å². The quantitative estimate of drug-likeness (QED) is 0.540. The summed E-state index contributed by atoms with van der Waals surface area (Å²) in [5, 5.41) is 2.89. The van der Waals surface area contributed by atoms with Crippen molar-refractivity contribution < 1.29 is 14.3 Å². The van der Waals surface area contributed by atoms with Gasteiger partial charge in [0.2, 0.25) is 0 Å². The van der Waals surface area contributed by atoms with E-state index in [1.54, 1.807) is 6.08 Å². The van der Waals surface area contributed by atoms with Crippen molar-refractivity contribution in [2.75, 3.05) is 26.7 Å². The number of methoxy groups -OCH3 is 1. The highest BCUT2D eigenvalue weighted by Crippen LogP contribution is 2.24. The molecule has 2 aliphatic rings. The number of carbonyl (C=O) groups is 2. The maximum atomic E-state index is 11.7. The summed E-state index contributed by atoms with van der Waals surface area (Å²) >= 11 is 0. The Hall–Kier alpha value is -1.36. The van der Waals surface area contributed by atoms with E-state index < -0.39 is 5.97 Å². The molecule has 0 aromatic rings. The predicted octanol–water partition coefficient (Wildman–Crippen LogP) is -0.0740. The van der Waals surface area contributed by atoms with Crippen LogP contribution in [0.4, 0.5) is 0 Å². The number of nitrogens with one attached hydrogen (secondary N) is 1. The summed E-state index contributed by atoms with van der Waals surface area (Å²) in [5.74, 6) is -0.631. The summed E-state index contributed by atoms with van der Waals surface area (Å²) in [7, 11) is 1.29. The molecule has 0 radical (unpaired) electrons. The Balaban J connectivity index is 2.17. The van der Waals surface area contributed by atoms with E-state index in [0.29, 0.717) is 0 Å². The smallest absolute Gasteiger partial charge is 0.343 e. The highest BCUT2D eigenvalue weighted by molar-refractivity contribution is 6.16. The van der Waals surface area contributed by atoms with E-state index in [0.717, 1.165) is 26.1 Å². The molecule has 5 heteroatoms. The molecule has 1 amide bonds. The van der Waals surface area contributed by atoms with Gasteiger partial charge in [-0.15, -0.1) is 0 Å². The molecule has 2 unspecified atom stereocenters. The van der Waals surface area contributed by atoms with Crippen molar-refractivity contribution in [1.29, 1.82) is 0 Å².